The third-order valence-electron chi connectivity index (χ3n) is 4.67. The SMILES string of the molecule is CC[C@@H](O)c1cc2n(n1)CCN(C(=O)Cc1noc3ccccc13)C2. The molecule has 1 aliphatic heterocycles. The van der Waals surface area contributed by atoms with Crippen molar-refractivity contribution in [2.45, 2.75) is 39.0 Å². The van der Waals surface area contributed by atoms with Gasteiger partial charge in [-0.1, -0.05) is 24.2 Å². The molecule has 1 aromatic carbocycles. The molecule has 1 amide bonds. The van der Waals surface area contributed by atoms with Gasteiger partial charge in [-0.3, -0.25) is 9.48 Å². The number of para-hydroxylation sites is 1. The highest BCUT2D eigenvalue weighted by atomic mass is 16.5. The van der Waals surface area contributed by atoms with Crippen LogP contribution in [-0.2, 0) is 24.3 Å². The number of aliphatic hydroxyl groups excluding tert-OH is 1. The largest absolute Gasteiger partial charge is 0.387 e. The number of hydrogen-bond acceptors (Lipinski definition) is 5. The number of nitrogens with zero attached hydrogens (tertiary/aromatic N) is 4. The van der Waals surface area contributed by atoms with Gasteiger partial charge in [0.2, 0.25) is 5.91 Å². The lowest BCUT2D eigenvalue weighted by molar-refractivity contribution is -0.132. The van der Waals surface area contributed by atoms with Crippen LogP contribution in [-0.4, -0.2) is 37.4 Å². The predicted octanol–water partition coefficient (Wildman–Crippen LogP) is 2.05. The van der Waals surface area contributed by atoms with Crippen molar-refractivity contribution in [1.82, 2.24) is 19.8 Å². The summed E-state index contributed by atoms with van der Waals surface area (Å²) in [5.74, 6) is 0.0177. The summed E-state index contributed by atoms with van der Waals surface area (Å²) in [6, 6.07) is 9.44. The van der Waals surface area contributed by atoms with Crippen LogP contribution in [0, 0.1) is 0 Å². The zero-order chi connectivity index (χ0) is 17.4. The van der Waals surface area contributed by atoms with Crippen LogP contribution in [0.2, 0.25) is 0 Å². The first kappa shape index (κ1) is 15.8. The molecule has 3 aromatic rings. The van der Waals surface area contributed by atoms with Gasteiger partial charge in [-0.25, -0.2) is 0 Å². The molecule has 7 nitrogen and oxygen atoms in total. The first-order valence-electron chi connectivity index (χ1n) is 8.51. The van der Waals surface area contributed by atoms with Crippen molar-refractivity contribution in [1.29, 1.82) is 0 Å². The van der Waals surface area contributed by atoms with E-state index in [-0.39, 0.29) is 12.3 Å². The lowest BCUT2D eigenvalue weighted by atomic mass is 10.1. The van der Waals surface area contributed by atoms with Crippen molar-refractivity contribution in [3.05, 3.63) is 47.4 Å². The summed E-state index contributed by atoms with van der Waals surface area (Å²) in [6.45, 7) is 3.65. The average molecular weight is 340 g/mol. The molecule has 0 saturated heterocycles. The van der Waals surface area contributed by atoms with E-state index in [1.165, 1.54) is 0 Å². The minimum absolute atomic E-state index is 0.0177. The Hall–Kier alpha value is -2.67. The van der Waals surface area contributed by atoms with Gasteiger partial charge in [0, 0.05) is 11.9 Å². The van der Waals surface area contributed by atoms with E-state index in [1.807, 2.05) is 46.8 Å². The predicted molar refractivity (Wildman–Crippen MR) is 90.6 cm³/mol. The van der Waals surface area contributed by atoms with Gasteiger partial charge in [-0.15, -0.1) is 0 Å². The van der Waals surface area contributed by atoms with E-state index in [1.54, 1.807) is 0 Å². The molecular weight excluding hydrogens is 320 g/mol. The second-order valence-corrected chi connectivity index (χ2v) is 6.33. The second kappa shape index (κ2) is 6.33. The summed E-state index contributed by atoms with van der Waals surface area (Å²) in [4.78, 5) is 14.5. The molecule has 0 bridgehead atoms. The van der Waals surface area contributed by atoms with Gasteiger partial charge in [0.15, 0.2) is 5.58 Å². The Balaban J connectivity index is 1.49. The number of carbonyl (C=O) groups is 1. The Morgan fingerprint density at radius 2 is 2.20 bits per heavy atom. The number of aliphatic hydroxyl groups is 1. The van der Waals surface area contributed by atoms with Crippen LogP contribution in [0.3, 0.4) is 0 Å². The highest BCUT2D eigenvalue weighted by Crippen LogP contribution is 2.22. The smallest absolute Gasteiger partial charge is 0.229 e. The van der Waals surface area contributed by atoms with Crippen LogP contribution in [0.1, 0.15) is 36.5 Å². The molecule has 0 aliphatic carbocycles. The van der Waals surface area contributed by atoms with Crippen LogP contribution < -0.4 is 0 Å². The lowest BCUT2D eigenvalue weighted by Crippen LogP contribution is -2.39. The van der Waals surface area contributed by atoms with Crippen LogP contribution in [0.15, 0.2) is 34.9 Å². The van der Waals surface area contributed by atoms with E-state index >= 15 is 0 Å². The van der Waals surface area contributed by atoms with Gasteiger partial charge in [0.05, 0.1) is 37.0 Å². The molecule has 0 fully saturated rings. The van der Waals surface area contributed by atoms with Gasteiger partial charge < -0.3 is 14.5 Å². The number of amides is 1. The number of fused-ring (bicyclic) bond motifs is 2. The maximum Gasteiger partial charge on any atom is 0.229 e. The van der Waals surface area contributed by atoms with Crippen molar-refractivity contribution >= 4 is 16.9 Å². The first-order valence-corrected chi connectivity index (χ1v) is 8.51. The maximum absolute atomic E-state index is 12.7. The van der Waals surface area contributed by atoms with E-state index in [9.17, 15) is 9.90 Å². The number of aromatic nitrogens is 3. The lowest BCUT2D eigenvalue weighted by Gasteiger charge is -2.27. The van der Waals surface area contributed by atoms with Crippen molar-refractivity contribution in [2.24, 2.45) is 0 Å². The fourth-order valence-corrected chi connectivity index (χ4v) is 3.19. The molecule has 130 valence electrons. The van der Waals surface area contributed by atoms with Gasteiger partial charge in [-0.2, -0.15) is 5.10 Å². The van der Waals surface area contributed by atoms with Gasteiger partial charge in [-0.05, 0) is 24.6 Å². The maximum atomic E-state index is 12.7. The molecule has 1 N–H and O–H groups in total. The van der Waals surface area contributed by atoms with Crippen molar-refractivity contribution in [3.8, 4) is 0 Å². The molecule has 1 aliphatic rings. The third-order valence-corrected chi connectivity index (χ3v) is 4.67. The van der Waals surface area contributed by atoms with E-state index in [2.05, 4.69) is 10.3 Å². The van der Waals surface area contributed by atoms with E-state index in [4.69, 9.17) is 4.52 Å². The normalized spacial score (nSPS) is 15.4. The van der Waals surface area contributed by atoms with Crippen LogP contribution in [0.4, 0.5) is 0 Å². The summed E-state index contributed by atoms with van der Waals surface area (Å²) in [6.07, 6.45) is 0.289. The molecule has 2 aromatic heterocycles. The summed E-state index contributed by atoms with van der Waals surface area (Å²) in [5, 5.41) is 19.3. The zero-order valence-corrected chi connectivity index (χ0v) is 14.1. The van der Waals surface area contributed by atoms with Crippen LogP contribution in [0.5, 0.6) is 0 Å². The Morgan fingerprint density at radius 3 is 3.04 bits per heavy atom. The van der Waals surface area contributed by atoms with Gasteiger partial charge >= 0.3 is 0 Å². The first-order chi connectivity index (χ1) is 12.2. The third kappa shape index (κ3) is 2.91. The standard InChI is InChI=1S/C18H20N4O3/c1-2-16(23)15-9-12-11-21(7-8-22(12)19-15)18(24)10-14-13-5-3-4-6-17(13)25-20-14/h3-6,9,16,23H,2,7-8,10-11H2,1H3/t16-/m1/s1. The second-order valence-electron chi connectivity index (χ2n) is 6.33. The Kier molecular flexibility index (Phi) is 4.01. The van der Waals surface area contributed by atoms with Gasteiger partial charge in [0.1, 0.15) is 5.69 Å². The van der Waals surface area contributed by atoms with Crippen LogP contribution >= 0.6 is 0 Å². The number of carbonyl (C=O) groups excluding carboxylic acids is 1. The quantitative estimate of drug-likeness (QED) is 0.786. The molecule has 25 heavy (non-hydrogen) atoms. The van der Waals surface area contributed by atoms with E-state index in [0.29, 0.717) is 43.0 Å². The topological polar surface area (TPSA) is 84.4 Å². The molecule has 3 heterocycles. The Bertz CT molecular complexity index is 914. The molecule has 1 atom stereocenters. The van der Waals surface area contributed by atoms with E-state index < -0.39 is 6.10 Å². The summed E-state index contributed by atoms with van der Waals surface area (Å²) in [5.41, 5.74) is 2.99. The van der Waals surface area contributed by atoms with Crippen molar-refractivity contribution < 1.29 is 14.4 Å². The number of hydrogen-bond donors (Lipinski definition) is 1. The van der Waals surface area contributed by atoms with Crippen molar-refractivity contribution in [2.75, 3.05) is 6.54 Å². The average Bonchev–Trinajstić information content (AvgIpc) is 3.24. The molecule has 7 heteroatoms. The number of rotatable bonds is 4. The van der Waals surface area contributed by atoms with Crippen LogP contribution in [0.25, 0.3) is 11.0 Å². The molecule has 4 rings (SSSR count). The Morgan fingerprint density at radius 1 is 1.36 bits per heavy atom. The minimum Gasteiger partial charge on any atom is -0.387 e. The molecular formula is C18H20N4O3. The molecule has 0 saturated carbocycles. The van der Waals surface area contributed by atoms with E-state index in [0.717, 1.165) is 11.1 Å². The Labute approximate surface area is 144 Å². The molecule has 0 unspecified atom stereocenters. The monoisotopic (exact) mass is 340 g/mol. The summed E-state index contributed by atoms with van der Waals surface area (Å²) < 4.78 is 7.15. The fraction of sp³-hybridized carbons (Fsp3) is 0.389. The summed E-state index contributed by atoms with van der Waals surface area (Å²) in [7, 11) is 0. The number of benzene rings is 1. The highest BCUT2D eigenvalue weighted by molar-refractivity contribution is 5.86. The molecule has 0 spiro atoms. The fourth-order valence-electron chi connectivity index (χ4n) is 3.19. The highest BCUT2D eigenvalue weighted by Gasteiger charge is 2.25. The zero-order valence-electron chi connectivity index (χ0n) is 14.1. The molecule has 0 radical (unpaired) electrons. The minimum atomic E-state index is -0.552. The summed E-state index contributed by atoms with van der Waals surface area (Å²) >= 11 is 0. The van der Waals surface area contributed by atoms with Crippen molar-refractivity contribution in [3.63, 3.8) is 0 Å². The van der Waals surface area contributed by atoms with Gasteiger partial charge in [0.25, 0.3) is 0 Å².